The average Bonchev–Trinajstić information content (AvgIpc) is 2.99. The Hall–Kier alpha value is -1.14. The first kappa shape index (κ1) is 16.2. The van der Waals surface area contributed by atoms with Crippen LogP contribution in [0.5, 0.6) is 0 Å². The maximum Gasteiger partial charge on any atom is 0.251 e. The van der Waals surface area contributed by atoms with Gasteiger partial charge in [-0.15, -0.1) is 0 Å². The van der Waals surface area contributed by atoms with Gasteiger partial charge in [-0.2, -0.15) is 0 Å². The highest BCUT2D eigenvalue weighted by Gasteiger charge is 2.30. The van der Waals surface area contributed by atoms with Crippen molar-refractivity contribution in [3.8, 4) is 0 Å². The maximum absolute atomic E-state index is 12.2. The van der Waals surface area contributed by atoms with E-state index in [1.807, 2.05) is 4.90 Å². The van der Waals surface area contributed by atoms with E-state index in [1.54, 1.807) is 0 Å². The second-order valence-electron chi connectivity index (χ2n) is 6.30. The molecule has 0 bridgehead atoms. The molecular weight excluding hydrogens is 270 g/mol. The van der Waals surface area contributed by atoms with Crippen LogP contribution in [0.15, 0.2) is 0 Å². The van der Waals surface area contributed by atoms with Crippen molar-refractivity contribution in [2.24, 2.45) is 5.92 Å². The molecule has 2 rings (SSSR count). The molecule has 2 heterocycles. The molecule has 21 heavy (non-hydrogen) atoms. The Kier molecular flexibility index (Phi) is 5.99. The summed E-state index contributed by atoms with van der Waals surface area (Å²) in [7, 11) is 0. The number of amides is 2. The van der Waals surface area contributed by atoms with Gasteiger partial charge in [0.1, 0.15) is 6.10 Å². The summed E-state index contributed by atoms with van der Waals surface area (Å²) in [4.78, 5) is 28.0. The Balaban J connectivity index is 1.68. The molecule has 2 saturated heterocycles. The van der Waals surface area contributed by atoms with Crippen molar-refractivity contribution < 1.29 is 14.3 Å². The summed E-state index contributed by atoms with van der Waals surface area (Å²) in [6.07, 6.45) is 1.59. The van der Waals surface area contributed by atoms with Gasteiger partial charge in [0.05, 0.1) is 6.54 Å². The van der Waals surface area contributed by atoms with Gasteiger partial charge >= 0.3 is 0 Å². The molecule has 6 heteroatoms. The minimum atomic E-state index is -0.231. The molecule has 0 saturated carbocycles. The summed E-state index contributed by atoms with van der Waals surface area (Å²) in [6, 6.07) is 0. The molecular formula is C15H27N3O3. The highest BCUT2D eigenvalue weighted by molar-refractivity contribution is 5.81. The monoisotopic (exact) mass is 297 g/mol. The van der Waals surface area contributed by atoms with Crippen LogP contribution in [0.25, 0.3) is 0 Å². The Bertz CT molecular complexity index is 359. The van der Waals surface area contributed by atoms with Crippen LogP contribution in [0, 0.1) is 5.92 Å². The Morgan fingerprint density at radius 3 is 2.52 bits per heavy atom. The lowest BCUT2D eigenvalue weighted by molar-refractivity contribution is -0.142. The van der Waals surface area contributed by atoms with E-state index in [9.17, 15) is 9.59 Å². The molecule has 120 valence electrons. The highest BCUT2D eigenvalue weighted by Crippen LogP contribution is 2.15. The molecule has 2 aliphatic rings. The molecule has 2 fully saturated rings. The number of nitrogens with zero attached hydrogens (tertiary/aromatic N) is 2. The molecule has 0 aromatic rings. The summed E-state index contributed by atoms with van der Waals surface area (Å²) < 4.78 is 5.44. The van der Waals surface area contributed by atoms with E-state index in [0.717, 1.165) is 32.5 Å². The van der Waals surface area contributed by atoms with Gasteiger partial charge in [0.2, 0.25) is 5.91 Å². The second-order valence-corrected chi connectivity index (χ2v) is 6.30. The van der Waals surface area contributed by atoms with Crippen LogP contribution < -0.4 is 5.32 Å². The molecule has 0 spiro atoms. The Morgan fingerprint density at radius 2 is 1.95 bits per heavy atom. The molecule has 1 unspecified atom stereocenters. The van der Waals surface area contributed by atoms with Crippen LogP contribution in [0.4, 0.5) is 0 Å². The van der Waals surface area contributed by atoms with E-state index in [1.165, 1.54) is 0 Å². The van der Waals surface area contributed by atoms with E-state index < -0.39 is 0 Å². The maximum atomic E-state index is 12.2. The number of hydrogen-bond acceptors (Lipinski definition) is 4. The first-order chi connectivity index (χ1) is 10.1. The van der Waals surface area contributed by atoms with Crippen molar-refractivity contribution >= 4 is 11.8 Å². The minimum absolute atomic E-state index is 0.0719. The molecule has 2 amide bonds. The topological polar surface area (TPSA) is 61.9 Å². The van der Waals surface area contributed by atoms with Gasteiger partial charge in [-0.05, 0) is 18.8 Å². The number of nitrogens with one attached hydrogen (secondary N) is 1. The molecule has 0 radical (unpaired) electrons. The Labute approximate surface area is 126 Å². The SMILES string of the molecule is CC(C)CNC(=O)CN1CCN(C(=O)C2CCCO2)CC1. The first-order valence-electron chi connectivity index (χ1n) is 7.95. The molecule has 2 aliphatic heterocycles. The van der Waals surface area contributed by atoms with Gasteiger partial charge in [-0.3, -0.25) is 14.5 Å². The normalized spacial score (nSPS) is 23.6. The fourth-order valence-electron chi connectivity index (χ4n) is 2.68. The predicted octanol–water partition coefficient (Wildman–Crippen LogP) is 0.0818. The highest BCUT2D eigenvalue weighted by atomic mass is 16.5. The van der Waals surface area contributed by atoms with Gasteiger partial charge in [0.25, 0.3) is 5.91 Å². The van der Waals surface area contributed by atoms with Crippen molar-refractivity contribution in [2.75, 3.05) is 45.9 Å². The van der Waals surface area contributed by atoms with Gasteiger partial charge in [-0.1, -0.05) is 13.8 Å². The summed E-state index contributed by atoms with van der Waals surface area (Å²) in [6.45, 7) is 8.90. The fraction of sp³-hybridized carbons (Fsp3) is 0.867. The number of carbonyl (C=O) groups is 2. The third kappa shape index (κ3) is 4.97. The standard InChI is InChI=1S/C15H27N3O3/c1-12(2)10-16-14(19)11-17-5-7-18(8-6-17)15(20)13-4-3-9-21-13/h12-13H,3-11H2,1-2H3,(H,16,19). The van der Waals surface area contributed by atoms with Gasteiger partial charge in [0.15, 0.2) is 0 Å². The van der Waals surface area contributed by atoms with Gasteiger partial charge in [-0.25, -0.2) is 0 Å². The van der Waals surface area contributed by atoms with Crippen LogP contribution in [-0.2, 0) is 14.3 Å². The van der Waals surface area contributed by atoms with E-state index in [0.29, 0.717) is 32.2 Å². The summed E-state index contributed by atoms with van der Waals surface area (Å²) in [5.41, 5.74) is 0. The second kappa shape index (κ2) is 7.75. The number of rotatable bonds is 5. The lowest BCUT2D eigenvalue weighted by Gasteiger charge is -2.35. The number of ether oxygens (including phenoxy) is 1. The van der Waals surface area contributed by atoms with Crippen molar-refractivity contribution in [2.45, 2.75) is 32.8 Å². The van der Waals surface area contributed by atoms with E-state index in [-0.39, 0.29) is 17.9 Å². The average molecular weight is 297 g/mol. The van der Waals surface area contributed by atoms with Crippen molar-refractivity contribution in [3.63, 3.8) is 0 Å². The van der Waals surface area contributed by atoms with Crippen molar-refractivity contribution in [1.29, 1.82) is 0 Å². The molecule has 6 nitrogen and oxygen atoms in total. The fourth-order valence-corrected chi connectivity index (χ4v) is 2.68. The van der Waals surface area contributed by atoms with E-state index >= 15 is 0 Å². The third-order valence-corrected chi connectivity index (χ3v) is 3.96. The third-order valence-electron chi connectivity index (χ3n) is 3.96. The number of piperazine rings is 1. The zero-order valence-corrected chi connectivity index (χ0v) is 13.1. The lowest BCUT2D eigenvalue weighted by Crippen LogP contribution is -2.53. The lowest BCUT2D eigenvalue weighted by atomic mass is 10.2. The minimum Gasteiger partial charge on any atom is -0.368 e. The van der Waals surface area contributed by atoms with Crippen LogP contribution in [0.2, 0.25) is 0 Å². The zero-order valence-electron chi connectivity index (χ0n) is 13.1. The van der Waals surface area contributed by atoms with E-state index in [4.69, 9.17) is 4.74 Å². The van der Waals surface area contributed by atoms with Crippen LogP contribution in [-0.4, -0.2) is 73.6 Å². The van der Waals surface area contributed by atoms with Crippen LogP contribution in [0.1, 0.15) is 26.7 Å². The molecule has 0 aromatic heterocycles. The molecule has 1 atom stereocenters. The zero-order chi connectivity index (χ0) is 15.2. The summed E-state index contributed by atoms with van der Waals surface area (Å²) in [5, 5.41) is 2.93. The van der Waals surface area contributed by atoms with Crippen LogP contribution in [0.3, 0.4) is 0 Å². The summed E-state index contributed by atoms with van der Waals surface area (Å²) >= 11 is 0. The number of carbonyl (C=O) groups excluding carboxylic acids is 2. The largest absolute Gasteiger partial charge is 0.368 e. The smallest absolute Gasteiger partial charge is 0.251 e. The Morgan fingerprint density at radius 1 is 1.24 bits per heavy atom. The molecule has 0 aliphatic carbocycles. The van der Waals surface area contributed by atoms with E-state index in [2.05, 4.69) is 24.1 Å². The predicted molar refractivity (Wildman–Crippen MR) is 79.8 cm³/mol. The first-order valence-corrected chi connectivity index (χ1v) is 7.95. The summed E-state index contributed by atoms with van der Waals surface area (Å²) in [5.74, 6) is 0.661. The van der Waals surface area contributed by atoms with Gasteiger partial charge < -0.3 is 15.0 Å². The number of hydrogen-bond donors (Lipinski definition) is 1. The quantitative estimate of drug-likeness (QED) is 0.781. The van der Waals surface area contributed by atoms with Gasteiger partial charge in [0, 0.05) is 39.3 Å². The van der Waals surface area contributed by atoms with Crippen LogP contribution >= 0.6 is 0 Å². The van der Waals surface area contributed by atoms with Crippen molar-refractivity contribution in [3.05, 3.63) is 0 Å². The molecule has 0 aromatic carbocycles. The molecule has 1 N–H and O–H groups in total. The van der Waals surface area contributed by atoms with Crippen molar-refractivity contribution in [1.82, 2.24) is 15.1 Å².